The third kappa shape index (κ3) is 2.15. The van der Waals surface area contributed by atoms with E-state index in [1.807, 2.05) is 0 Å². The van der Waals surface area contributed by atoms with Gasteiger partial charge in [0.15, 0.2) is 0 Å². The van der Waals surface area contributed by atoms with Crippen molar-refractivity contribution in [3.8, 4) is 0 Å². The van der Waals surface area contributed by atoms with Crippen molar-refractivity contribution in [2.24, 2.45) is 5.92 Å². The molecule has 0 aromatic heterocycles. The monoisotopic (exact) mass is 180 g/mol. The molecule has 0 unspecified atom stereocenters. The average molecular weight is 180 g/mol. The molecule has 66 valence electrons. The highest BCUT2D eigenvalue weighted by molar-refractivity contribution is 7.87. The summed E-state index contributed by atoms with van der Waals surface area (Å²) in [4.78, 5) is 0. The van der Waals surface area contributed by atoms with Gasteiger partial charge >= 0.3 is 10.2 Å². The fourth-order valence-electron chi connectivity index (χ4n) is 1.55. The van der Waals surface area contributed by atoms with Gasteiger partial charge in [-0.1, -0.05) is 19.8 Å². The fourth-order valence-corrected chi connectivity index (χ4v) is 2.55. The minimum atomic E-state index is -4.22. The molecule has 1 fully saturated rings. The van der Waals surface area contributed by atoms with E-state index in [0.29, 0.717) is 18.8 Å². The van der Waals surface area contributed by atoms with Gasteiger partial charge in [0, 0.05) is 0 Å². The molecule has 1 rings (SSSR count). The summed E-state index contributed by atoms with van der Waals surface area (Å²) in [6, 6.07) is 0. The third-order valence-electron chi connectivity index (χ3n) is 2.29. The quantitative estimate of drug-likeness (QED) is 0.621. The van der Waals surface area contributed by atoms with Crippen molar-refractivity contribution in [1.29, 1.82) is 0 Å². The molecule has 0 aliphatic heterocycles. The zero-order valence-electron chi connectivity index (χ0n) is 6.59. The van der Waals surface area contributed by atoms with Crippen molar-refractivity contribution in [1.82, 2.24) is 0 Å². The highest BCUT2D eigenvalue weighted by Crippen LogP contribution is 2.36. The maximum Gasteiger partial charge on any atom is 0.305 e. The predicted molar refractivity (Wildman–Crippen MR) is 41.4 cm³/mol. The van der Waals surface area contributed by atoms with E-state index in [4.69, 9.17) is 0 Å². The van der Waals surface area contributed by atoms with Crippen LogP contribution in [0.15, 0.2) is 0 Å². The Kier molecular flexibility index (Phi) is 2.52. The van der Waals surface area contributed by atoms with E-state index >= 15 is 0 Å². The zero-order valence-corrected chi connectivity index (χ0v) is 7.40. The van der Waals surface area contributed by atoms with Crippen molar-refractivity contribution in [3.05, 3.63) is 0 Å². The lowest BCUT2D eigenvalue weighted by Crippen LogP contribution is -2.33. The molecule has 0 heterocycles. The van der Waals surface area contributed by atoms with Crippen LogP contribution in [0.25, 0.3) is 0 Å². The normalized spacial score (nSPS) is 31.5. The van der Waals surface area contributed by atoms with Gasteiger partial charge in [-0.2, -0.15) is 8.42 Å². The summed E-state index contributed by atoms with van der Waals surface area (Å²) in [6.45, 7) is 2.05. The first-order chi connectivity index (χ1) is 5.04. The highest BCUT2D eigenvalue weighted by atomic mass is 32.3. The van der Waals surface area contributed by atoms with Gasteiger partial charge in [0.25, 0.3) is 0 Å². The van der Waals surface area contributed by atoms with E-state index < -0.39 is 15.5 Å². The molecular weight excluding hydrogens is 167 g/mol. The van der Waals surface area contributed by atoms with Crippen LogP contribution in [0.5, 0.6) is 0 Å². The van der Waals surface area contributed by atoms with E-state index in [1.165, 1.54) is 0 Å². The van der Waals surface area contributed by atoms with Crippen molar-refractivity contribution >= 4 is 10.2 Å². The number of halogens is 1. The van der Waals surface area contributed by atoms with Crippen LogP contribution >= 0.6 is 0 Å². The Morgan fingerprint density at radius 2 is 2.00 bits per heavy atom. The van der Waals surface area contributed by atoms with E-state index in [1.54, 1.807) is 0 Å². The minimum Gasteiger partial charge on any atom is -0.195 e. The standard InChI is InChI=1S/C7H13FO2S/c1-2-3-6-4-7(5-6)11(8,9)10/h6-7H,2-5H2,1H3. The molecule has 1 aliphatic carbocycles. The Morgan fingerprint density at radius 1 is 1.45 bits per heavy atom. The topological polar surface area (TPSA) is 34.1 Å². The van der Waals surface area contributed by atoms with Crippen molar-refractivity contribution in [2.45, 2.75) is 37.9 Å². The van der Waals surface area contributed by atoms with Gasteiger partial charge in [0.1, 0.15) is 0 Å². The average Bonchev–Trinajstić information content (AvgIpc) is 1.74. The van der Waals surface area contributed by atoms with E-state index in [2.05, 4.69) is 6.92 Å². The van der Waals surface area contributed by atoms with Gasteiger partial charge in [-0.05, 0) is 18.8 Å². The van der Waals surface area contributed by atoms with Gasteiger partial charge in [-0.25, -0.2) is 0 Å². The fraction of sp³-hybridized carbons (Fsp3) is 1.00. The SMILES string of the molecule is CCCC1CC(S(=O)(=O)F)C1. The second-order valence-electron chi connectivity index (χ2n) is 3.22. The van der Waals surface area contributed by atoms with Crippen LogP contribution in [0.4, 0.5) is 3.89 Å². The second kappa shape index (κ2) is 3.09. The molecule has 0 atom stereocenters. The molecule has 0 aromatic carbocycles. The second-order valence-corrected chi connectivity index (χ2v) is 4.84. The zero-order chi connectivity index (χ0) is 8.48. The maximum atomic E-state index is 12.2. The summed E-state index contributed by atoms with van der Waals surface area (Å²) in [5.74, 6) is 0.454. The van der Waals surface area contributed by atoms with Gasteiger partial charge in [-0.3, -0.25) is 0 Å². The van der Waals surface area contributed by atoms with Crippen LogP contribution in [0.3, 0.4) is 0 Å². The lowest BCUT2D eigenvalue weighted by Gasteiger charge is -2.31. The van der Waals surface area contributed by atoms with Crippen LogP contribution in [0.1, 0.15) is 32.6 Å². The Morgan fingerprint density at radius 3 is 2.36 bits per heavy atom. The van der Waals surface area contributed by atoms with Crippen LogP contribution in [0, 0.1) is 5.92 Å². The Hall–Kier alpha value is -0.120. The summed E-state index contributed by atoms with van der Waals surface area (Å²) >= 11 is 0. The van der Waals surface area contributed by atoms with Crippen LogP contribution in [-0.2, 0) is 10.2 Å². The molecule has 4 heteroatoms. The van der Waals surface area contributed by atoms with Gasteiger partial charge in [-0.15, -0.1) is 3.89 Å². The third-order valence-corrected chi connectivity index (χ3v) is 3.47. The predicted octanol–water partition coefficient (Wildman–Crippen LogP) is 1.86. The minimum absolute atomic E-state index is 0.454. The molecule has 0 N–H and O–H groups in total. The Labute approximate surface area is 67.0 Å². The van der Waals surface area contributed by atoms with Crippen LogP contribution in [0.2, 0.25) is 0 Å². The molecule has 0 spiro atoms. The first kappa shape index (κ1) is 8.97. The van der Waals surface area contributed by atoms with Crippen molar-refractivity contribution in [3.63, 3.8) is 0 Å². The Balaban J connectivity index is 2.30. The van der Waals surface area contributed by atoms with E-state index in [0.717, 1.165) is 12.8 Å². The molecule has 1 aliphatic rings. The summed E-state index contributed by atoms with van der Waals surface area (Å²) in [5, 5.41) is -0.681. The molecule has 0 radical (unpaired) electrons. The first-order valence-electron chi connectivity index (χ1n) is 3.97. The Bertz CT molecular complexity index is 217. The molecule has 0 saturated heterocycles. The summed E-state index contributed by atoms with van der Waals surface area (Å²) in [7, 11) is -4.22. The van der Waals surface area contributed by atoms with Gasteiger partial charge in [0.05, 0.1) is 5.25 Å². The highest BCUT2D eigenvalue weighted by Gasteiger charge is 2.37. The molecule has 2 nitrogen and oxygen atoms in total. The molecule has 0 amide bonds. The maximum absolute atomic E-state index is 12.2. The van der Waals surface area contributed by atoms with Gasteiger partial charge in [0.2, 0.25) is 0 Å². The molecule has 11 heavy (non-hydrogen) atoms. The van der Waals surface area contributed by atoms with E-state index in [-0.39, 0.29) is 0 Å². The summed E-state index contributed by atoms with van der Waals surface area (Å²) < 4.78 is 32.8. The largest absolute Gasteiger partial charge is 0.305 e. The summed E-state index contributed by atoms with van der Waals surface area (Å²) in [5.41, 5.74) is 0. The molecular formula is C7H13FO2S. The van der Waals surface area contributed by atoms with Crippen LogP contribution in [-0.4, -0.2) is 13.7 Å². The molecule has 1 saturated carbocycles. The first-order valence-corrected chi connectivity index (χ1v) is 5.42. The smallest absolute Gasteiger partial charge is 0.195 e. The van der Waals surface area contributed by atoms with Gasteiger partial charge < -0.3 is 0 Å². The van der Waals surface area contributed by atoms with Crippen LogP contribution < -0.4 is 0 Å². The lowest BCUT2D eigenvalue weighted by atomic mass is 9.82. The number of rotatable bonds is 3. The van der Waals surface area contributed by atoms with E-state index in [9.17, 15) is 12.3 Å². The lowest BCUT2D eigenvalue weighted by molar-refractivity contribution is 0.288. The summed E-state index contributed by atoms with van der Waals surface area (Å²) in [6.07, 6.45) is 3.16. The molecule has 0 aromatic rings. The number of hydrogen-bond acceptors (Lipinski definition) is 2. The van der Waals surface area contributed by atoms with Crippen molar-refractivity contribution in [2.75, 3.05) is 0 Å². The van der Waals surface area contributed by atoms with Crippen molar-refractivity contribution < 1.29 is 12.3 Å². The molecule has 0 bridgehead atoms. The number of hydrogen-bond donors (Lipinski definition) is 0.